The van der Waals surface area contributed by atoms with Gasteiger partial charge in [0.1, 0.15) is 0 Å². The fraction of sp³-hybridized carbons (Fsp3) is 0.381. The molecule has 1 aliphatic rings. The number of hydrogen-bond donors (Lipinski definition) is 1. The van der Waals surface area contributed by atoms with Gasteiger partial charge >= 0.3 is 0 Å². The van der Waals surface area contributed by atoms with E-state index in [0.29, 0.717) is 5.69 Å². The molecule has 1 N–H and O–H groups in total. The maximum atomic E-state index is 13.2. The molecule has 27 heavy (non-hydrogen) atoms. The lowest BCUT2D eigenvalue weighted by Crippen LogP contribution is -2.45. The monoisotopic (exact) mass is 386 g/mol. The smallest absolute Gasteiger partial charge is 0.243 e. The van der Waals surface area contributed by atoms with Crippen LogP contribution in [0.1, 0.15) is 37.7 Å². The van der Waals surface area contributed by atoms with Crippen LogP contribution in [0.2, 0.25) is 0 Å². The number of carbonyl (C=O) groups excluding carboxylic acids is 1. The average Bonchev–Trinajstić information content (AvgIpc) is 2.69. The number of nitrogens with zero attached hydrogens (tertiary/aromatic N) is 1. The Hall–Kier alpha value is -2.18. The molecule has 144 valence electrons. The van der Waals surface area contributed by atoms with E-state index in [1.54, 1.807) is 30.3 Å². The van der Waals surface area contributed by atoms with Crippen LogP contribution in [0.5, 0.6) is 0 Å². The molecule has 0 aromatic heterocycles. The van der Waals surface area contributed by atoms with Crippen LogP contribution in [0.4, 0.5) is 5.69 Å². The lowest BCUT2D eigenvalue weighted by atomic mass is 9.95. The molecule has 0 saturated heterocycles. The highest BCUT2D eigenvalue weighted by atomic mass is 32.2. The molecule has 1 fully saturated rings. The molecule has 2 aromatic rings. The number of amides is 1. The lowest BCUT2D eigenvalue weighted by Gasteiger charge is -2.33. The summed E-state index contributed by atoms with van der Waals surface area (Å²) < 4.78 is 27.8. The van der Waals surface area contributed by atoms with Gasteiger partial charge in [-0.3, -0.25) is 4.79 Å². The number of rotatable bonds is 6. The van der Waals surface area contributed by atoms with Gasteiger partial charge in [0.2, 0.25) is 15.9 Å². The van der Waals surface area contributed by atoms with Gasteiger partial charge in [-0.05, 0) is 44.0 Å². The molecule has 0 bridgehead atoms. The summed E-state index contributed by atoms with van der Waals surface area (Å²) in [5.41, 5.74) is 1.77. The first-order valence-electron chi connectivity index (χ1n) is 9.40. The molecule has 0 heterocycles. The molecule has 0 atom stereocenters. The van der Waals surface area contributed by atoms with E-state index in [9.17, 15) is 13.2 Å². The predicted octanol–water partition coefficient (Wildman–Crippen LogP) is 3.96. The third-order valence-electron chi connectivity index (χ3n) is 4.97. The Labute approximate surface area is 161 Å². The zero-order valence-electron chi connectivity index (χ0n) is 15.6. The summed E-state index contributed by atoms with van der Waals surface area (Å²) in [5, 5.41) is 2.82. The lowest BCUT2D eigenvalue weighted by molar-refractivity contribution is -0.116. The third-order valence-corrected chi connectivity index (χ3v) is 6.88. The molecule has 0 aliphatic heterocycles. The van der Waals surface area contributed by atoms with Gasteiger partial charge < -0.3 is 5.32 Å². The largest absolute Gasteiger partial charge is 0.325 e. The van der Waals surface area contributed by atoms with Crippen molar-refractivity contribution in [2.24, 2.45) is 0 Å². The van der Waals surface area contributed by atoms with Gasteiger partial charge in [0.05, 0.1) is 11.4 Å². The average molecular weight is 387 g/mol. The fourth-order valence-corrected chi connectivity index (χ4v) is 5.15. The maximum absolute atomic E-state index is 13.2. The molecular formula is C21H26N2O3S. The van der Waals surface area contributed by atoms with Crippen LogP contribution in [0, 0.1) is 6.92 Å². The van der Waals surface area contributed by atoms with Gasteiger partial charge in [-0.15, -0.1) is 0 Å². The molecule has 6 heteroatoms. The van der Waals surface area contributed by atoms with E-state index in [0.717, 1.165) is 37.7 Å². The first-order chi connectivity index (χ1) is 13.0. The van der Waals surface area contributed by atoms with E-state index in [1.165, 1.54) is 4.31 Å². The standard InChI is InChI=1S/C21H26N2O3S/c1-17-12-14-18(15-13-17)22-21(24)16-23(19-8-4-2-5-9-19)27(25,26)20-10-6-3-7-11-20/h3,6-7,10-15,19H,2,4-5,8-9,16H2,1H3,(H,22,24). The van der Waals surface area contributed by atoms with Crippen molar-refractivity contribution in [1.82, 2.24) is 4.31 Å². The number of nitrogens with one attached hydrogen (secondary N) is 1. The van der Waals surface area contributed by atoms with Gasteiger partial charge in [0.15, 0.2) is 0 Å². The maximum Gasteiger partial charge on any atom is 0.243 e. The molecular weight excluding hydrogens is 360 g/mol. The molecule has 3 rings (SSSR count). The summed E-state index contributed by atoms with van der Waals surface area (Å²) in [7, 11) is -3.72. The summed E-state index contributed by atoms with van der Waals surface area (Å²) in [6.07, 6.45) is 4.69. The van der Waals surface area contributed by atoms with Crippen LogP contribution in [-0.4, -0.2) is 31.2 Å². The van der Waals surface area contributed by atoms with E-state index in [4.69, 9.17) is 0 Å². The van der Waals surface area contributed by atoms with Crippen molar-refractivity contribution < 1.29 is 13.2 Å². The first-order valence-corrected chi connectivity index (χ1v) is 10.8. The van der Waals surface area contributed by atoms with Crippen LogP contribution in [-0.2, 0) is 14.8 Å². The minimum atomic E-state index is -3.72. The van der Waals surface area contributed by atoms with E-state index in [2.05, 4.69) is 5.32 Å². The Morgan fingerprint density at radius 3 is 2.26 bits per heavy atom. The van der Waals surface area contributed by atoms with E-state index < -0.39 is 10.0 Å². The highest BCUT2D eigenvalue weighted by Gasteiger charge is 2.33. The minimum Gasteiger partial charge on any atom is -0.325 e. The quantitative estimate of drug-likeness (QED) is 0.817. The van der Waals surface area contributed by atoms with Gasteiger partial charge in [-0.2, -0.15) is 4.31 Å². The Morgan fingerprint density at radius 1 is 1.00 bits per heavy atom. The molecule has 2 aromatic carbocycles. The molecule has 0 radical (unpaired) electrons. The fourth-order valence-electron chi connectivity index (χ4n) is 3.49. The molecule has 0 unspecified atom stereocenters. The molecule has 1 aliphatic carbocycles. The van der Waals surface area contributed by atoms with Crippen LogP contribution >= 0.6 is 0 Å². The normalized spacial score (nSPS) is 15.6. The van der Waals surface area contributed by atoms with Crippen LogP contribution in [0.3, 0.4) is 0 Å². The first kappa shape index (κ1) is 19.6. The Balaban J connectivity index is 1.81. The van der Waals surface area contributed by atoms with E-state index in [-0.39, 0.29) is 23.4 Å². The van der Waals surface area contributed by atoms with Gasteiger partial charge in [-0.25, -0.2) is 8.42 Å². The van der Waals surface area contributed by atoms with Crippen LogP contribution < -0.4 is 5.32 Å². The van der Waals surface area contributed by atoms with Crippen molar-refractivity contribution in [2.75, 3.05) is 11.9 Å². The van der Waals surface area contributed by atoms with Crippen molar-refractivity contribution in [3.63, 3.8) is 0 Å². The Morgan fingerprint density at radius 2 is 1.63 bits per heavy atom. The summed E-state index contributed by atoms with van der Waals surface area (Å²) in [6, 6.07) is 15.7. The summed E-state index contributed by atoms with van der Waals surface area (Å²) in [5.74, 6) is -0.316. The van der Waals surface area contributed by atoms with Crippen LogP contribution in [0.25, 0.3) is 0 Å². The highest BCUT2D eigenvalue weighted by molar-refractivity contribution is 7.89. The summed E-state index contributed by atoms with van der Waals surface area (Å²) >= 11 is 0. The SMILES string of the molecule is Cc1ccc(NC(=O)CN(C2CCCCC2)S(=O)(=O)c2ccccc2)cc1. The predicted molar refractivity (Wildman–Crippen MR) is 107 cm³/mol. The number of sulfonamides is 1. The molecule has 5 nitrogen and oxygen atoms in total. The molecule has 1 amide bonds. The number of anilines is 1. The number of hydrogen-bond acceptors (Lipinski definition) is 3. The van der Waals surface area contributed by atoms with Crippen molar-refractivity contribution in [2.45, 2.75) is 50.0 Å². The zero-order chi connectivity index (χ0) is 19.3. The van der Waals surface area contributed by atoms with Crippen LogP contribution in [0.15, 0.2) is 59.5 Å². The summed E-state index contributed by atoms with van der Waals surface area (Å²) in [4.78, 5) is 12.8. The second kappa shape index (κ2) is 8.67. The van der Waals surface area contributed by atoms with Gasteiger partial charge in [0.25, 0.3) is 0 Å². The van der Waals surface area contributed by atoms with Crippen molar-refractivity contribution in [3.05, 3.63) is 60.2 Å². The third kappa shape index (κ3) is 4.96. The van der Waals surface area contributed by atoms with Crippen molar-refractivity contribution in [3.8, 4) is 0 Å². The van der Waals surface area contributed by atoms with Crippen molar-refractivity contribution >= 4 is 21.6 Å². The highest BCUT2D eigenvalue weighted by Crippen LogP contribution is 2.27. The second-order valence-corrected chi connectivity index (χ2v) is 8.96. The van der Waals surface area contributed by atoms with E-state index >= 15 is 0 Å². The number of benzene rings is 2. The number of carbonyl (C=O) groups is 1. The second-order valence-electron chi connectivity index (χ2n) is 7.07. The van der Waals surface area contributed by atoms with Gasteiger partial charge in [0, 0.05) is 11.7 Å². The summed E-state index contributed by atoms with van der Waals surface area (Å²) in [6.45, 7) is 1.80. The Bertz CT molecular complexity index is 858. The van der Waals surface area contributed by atoms with Crippen molar-refractivity contribution in [1.29, 1.82) is 0 Å². The molecule has 1 saturated carbocycles. The topological polar surface area (TPSA) is 66.5 Å². The zero-order valence-corrected chi connectivity index (χ0v) is 16.4. The van der Waals surface area contributed by atoms with E-state index in [1.807, 2.05) is 31.2 Å². The molecule has 0 spiro atoms. The number of aryl methyl sites for hydroxylation is 1. The Kier molecular flexibility index (Phi) is 6.29. The minimum absolute atomic E-state index is 0.132. The van der Waals surface area contributed by atoms with Gasteiger partial charge in [-0.1, -0.05) is 55.2 Å².